The average Bonchev–Trinajstić information content (AvgIpc) is 2.35. The summed E-state index contributed by atoms with van der Waals surface area (Å²) >= 11 is 2.20. The summed E-state index contributed by atoms with van der Waals surface area (Å²) in [6.45, 7) is 2.00. The van der Waals surface area contributed by atoms with Crippen molar-refractivity contribution in [2.24, 2.45) is 0 Å². The van der Waals surface area contributed by atoms with Crippen molar-refractivity contribution in [1.82, 2.24) is 5.32 Å². The SMILES string of the molecule is Cc1cccc(C(=O)NC2CCC(=O)CC2)c1I. The molecule has 18 heavy (non-hydrogen) atoms. The highest BCUT2D eigenvalue weighted by molar-refractivity contribution is 14.1. The van der Waals surface area contributed by atoms with Crippen LogP contribution in [0.3, 0.4) is 0 Å². The van der Waals surface area contributed by atoms with Gasteiger partial charge >= 0.3 is 0 Å². The van der Waals surface area contributed by atoms with Gasteiger partial charge in [-0.2, -0.15) is 0 Å². The van der Waals surface area contributed by atoms with Crippen LogP contribution in [0.5, 0.6) is 0 Å². The average molecular weight is 357 g/mol. The van der Waals surface area contributed by atoms with E-state index in [0.29, 0.717) is 18.6 Å². The Bertz CT molecular complexity index is 475. The maximum absolute atomic E-state index is 12.2. The van der Waals surface area contributed by atoms with Gasteiger partial charge in [0.25, 0.3) is 5.91 Å². The standard InChI is InChI=1S/C14H16INO2/c1-9-3-2-4-12(13(9)15)14(18)16-10-5-7-11(17)8-6-10/h2-4,10H,5-8H2,1H3,(H,16,18). The summed E-state index contributed by atoms with van der Waals surface area (Å²) in [4.78, 5) is 23.3. The first-order chi connectivity index (χ1) is 8.58. The van der Waals surface area contributed by atoms with Crippen molar-refractivity contribution in [2.75, 3.05) is 0 Å². The van der Waals surface area contributed by atoms with Gasteiger partial charge in [-0.15, -0.1) is 0 Å². The minimum Gasteiger partial charge on any atom is -0.349 e. The van der Waals surface area contributed by atoms with Crippen molar-refractivity contribution in [3.05, 3.63) is 32.9 Å². The minimum absolute atomic E-state index is 0.0255. The van der Waals surface area contributed by atoms with Crippen molar-refractivity contribution in [1.29, 1.82) is 0 Å². The molecule has 0 radical (unpaired) electrons. The van der Waals surface area contributed by atoms with Gasteiger partial charge in [0.15, 0.2) is 0 Å². The smallest absolute Gasteiger partial charge is 0.252 e. The maximum Gasteiger partial charge on any atom is 0.252 e. The highest BCUT2D eigenvalue weighted by Crippen LogP contribution is 2.19. The highest BCUT2D eigenvalue weighted by atomic mass is 127. The number of amides is 1. The van der Waals surface area contributed by atoms with Crippen LogP contribution in [-0.2, 0) is 4.79 Å². The lowest BCUT2D eigenvalue weighted by Crippen LogP contribution is -2.38. The molecule has 4 heteroatoms. The van der Waals surface area contributed by atoms with E-state index in [2.05, 4.69) is 27.9 Å². The maximum atomic E-state index is 12.2. The molecular weight excluding hydrogens is 341 g/mol. The number of rotatable bonds is 2. The zero-order valence-corrected chi connectivity index (χ0v) is 12.5. The Balaban J connectivity index is 2.03. The summed E-state index contributed by atoms with van der Waals surface area (Å²) in [5, 5.41) is 3.03. The second-order valence-corrected chi connectivity index (χ2v) is 5.80. The van der Waals surface area contributed by atoms with Crippen LogP contribution in [0.2, 0.25) is 0 Å². The van der Waals surface area contributed by atoms with Crippen LogP contribution in [0.15, 0.2) is 18.2 Å². The largest absolute Gasteiger partial charge is 0.349 e. The summed E-state index contributed by atoms with van der Waals surface area (Å²) in [6.07, 6.45) is 2.73. The fraction of sp³-hybridized carbons (Fsp3) is 0.429. The van der Waals surface area contributed by atoms with E-state index in [0.717, 1.165) is 27.5 Å². The summed E-state index contributed by atoms with van der Waals surface area (Å²) in [5.74, 6) is 0.285. The van der Waals surface area contributed by atoms with Crippen molar-refractivity contribution in [2.45, 2.75) is 38.6 Å². The van der Waals surface area contributed by atoms with E-state index in [-0.39, 0.29) is 11.9 Å². The summed E-state index contributed by atoms with van der Waals surface area (Å²) in [5.41, 5.74) is 1.84. The van der Waals surface area contributed by atoms with Crippen LogP contribution in [-0.4, -0.2) is 17.7 Å². The van der Waals surface area contributed by atoms with Gasteiger partial charge in [0.05, 0.1) is 5.56 Å². The van der Waals surface area contributed by atoms with Crippen molar-refractivity contribution in [3.63, 3.8) is 0 Å². The normalized spacial score (nSPS) is 16.7. The van der Waals surface area contributed by atoms with E-state index >= 15 is 0 Å². The Kier molecular flexibility index (Phi) is 4.37. The first-order valence-electron chi connectivity index (χ1n) is 6.15. The highest BCUT2D eigenvalue weighted by Gasteiger charge is 2.21. The molecule has 1 saturated carbocycles. The molecule has 0 unspecified atom stereocenters. The van der Waals surface area contributed by atoms with E-state index < -0.39 is 0 Å². The summed E-state index contributed by atoms with van der Waals surface area (Å²) in [7, 11) is 0. The van der Waals surface area contributed by atoms with Crippen LogP contribution in [0.1, 0.15) is 41.6 Å². The lowest BCUT2D eigenvalue weighted by Gasteiger charge is -2.22. The number of ketones is 1. The van der Waals surface area contributed by atoms with E-state index in [1.807, 2.05) is 25.1 Å². The number of carbonyl (C=O) groups is 2. The summed E-state index contributed by atoms with van der Waals surface area (Å²) in [6, 6.07) is 5.89. The molecule has 1 amide bonds. The van der Waals surface area contributed by atoms with Crippen molar-refractivity contribution in [3.8, 4) is 0 Å². The predicted octanol–water partition coefficient (Wildman–Crippen LogP) is 2.84. The van der Waals surface area contributed by atoms with Crippen LogP contribution < -0.4 is 5.32 Å². The van der Waals surface area contributed by atoms with Gasteiger partial charge in [0, 0.05) is 22.5 Å². The first kappa shape index (κ1) is 13.5. The van der Waals surface area contributed by atoms with E-state index in [4.69, 9.17) is 0 Å². The monoisotopic (exact) mass is 357 g/mol. The number of benzene rings is 1. The Hall–Kier alpha value is -0.910. The number of Topliss-reactive ketones (excluding diaryl/α,β-unsaturated/α-hetero) is 1. The zero-order chi connectivity index (χ0) is 13.1. The quantitative estimate of drug-likeness (QED) is 0.828. The fourth-order valence-corrected chi connectivity index (χ4v) is 2.77. The molecule has 0 aliphatic heterocycles. The third kappa shape index (κ3) is 3.10. The molecule has 2 rings (SSSR count). The van der Waals surface area contributed by atoms with Gasteiger partial charge in [-0.05, 0) is 54.0 Å². The molecule has 1 N–H and O–H groups in total. The van der Waals surface area contributed by atoms with Gasteiger partial charge in [-0.1, -0.05) is 12.1 Å². The molecule has 1 fully saturated rings. The molecule has 0 aromatic heterocycles. The minimum atomic E-state index is -0.0255. The molecule has 0 bridgehead atoms. The van der Waals surface area contributed by atoms with Gasteiger partial charge in [0.2, 0.25) is 0 Å². The van der Waals surface area contributed by atoms with Crippen molar-refractivity contribution < 1.29 is 9.59 Å². The van der Waals surface area contributed by atoms with Crippen LogP contribution in [0.25, 0.3) is 0 Å². The van der Waals surface area contributed by atoms with Crippen LogP contribution >= 0.6 is 22.6 Å². The molecule has 3 nitrogen and oxygen atoms in total. The third-order valence-corrected chi connectivity index (χ3v) is 4.75. The first-order valence-corrected chi connectivity index (χ1v) is 7.23. The van der Waals surface area contributed by atoms with Gasteiger partial charge < -0.3 is 5.32 Å². The molecule has 1 aliphatic carbocycles. The lowest BCUT2D eigenvalue weighted by atomic mass is 9.94. The molecule has 0 saturated heterocycles. The van der Waals surface area contributed by atoms with E-state index in [9.17, 15) is 9.59 Å². The Morgan fingerprint density at radius 1 is 1.33 bits per heavy atom. The molecule has 1 aliphatic rings. The third-order valence-electron chi connectivity index (χ3n) is 3.31. The number of hydrogen-bond donors (Lipinski definition) is 1. The van der Waals surface area contributed by atoms with Crippen LogP contribution in [0.4, 0.5) is 0 Å². The molecule has 0 heterocycles. The molecule has 96 valence electrons. The molecular formula is C14H16INO2. The fourth-order valence-electron chi connectivity index (χ4n) is 2.17. The van der Waals surface area contributed by atoms with Gasteiger partial charge in [0.1, 0.15) is 5.78 Å². The number of hydrogen-bond acceptors (Lipinski definition) is 2. The van der Waals surface area contributed by atoms with E-state index in [1.165, 1.54) is 0 Å². The summed E-state index contributed by atoms with van der Waals surface area (Å²) < 4.78 is 1.000. The Labute approximate surface area is 120 Å². The topological polar surface area (TPSA) is 46.2 Å². The predicted molar refractivity (Wildman–Crippen MR) is 78.6 cm³/mol. The number of halogens is 1. The van der Waals surface area contributed by atoms with E-state index in [1.54, 1.807) is 0 Å². The van der Waals surface area contributed by atoms with Crippen LogP contribution in [0, 0.1) is 10.5 Å². The molecule has 1 aromatic rings. The molecule has 0 spiro atoms. The number of nitrogens with one attached hydrogen (secondary N) is 1. The zero-order valence-electron chi connectivity index (χ0n) is 10.3. The lowest BCUT2D eigenvalue weighted by molar-refractivity contribution is -0.120. The van der Waals surface area contributed by atoms with Gasteiger partial charge in [-0.25, -0.2) is 0 Å². The van der Waals surface area contributed by atoms with Crippen molar-refractivity contribution >= 4 is 34.3 Å². The Morgan fingerprint density at radius 3 is 2.67 bits per heavy atom. The second-order valence-electron chi connectivity index (χ2n) is 4.72. The number of carbonyl (C=O) groups excluding carboxylic acids is 2. The second kappa shape index (κ2) is 5.82. The number of aryl methyl sites for hydroxylation is 1. The Morgan fingerprint density at radius 2 is 2.00 bits per heavy atom. The molecule has 0 atom stereocenters. The molecule has 1 aromatic carbocycles. The van der Waals surface area contributed by atoms with Gasteiger partial charge in [-0.3, -0.25) is 9.59 Å².